The molecule has 4 heteroatoms. The van der Waals surface area contributed by atoms with Crippen molar-refractivity contribution < 1.29 is 4.21 Å². The Morgan fingerprint density at radius 3 is 2.47 bits per heavy atom. The van der Waals surface area contributed by atoms with Gasteiger partial charge in [-0.15, -0.1) is 0 Å². The molecule has 19 heavy (non-hydrogen) atoms. The van der Waals surface area contributed by atoms with Gasteiger partial charge >= 0.3 is 0 Å². The molecule has 106 valence electrons. The fraction of sp³-hybridized carbons (Fsp3) is 0.600. The van der Waals surface area contributed by atoms with Gasteiger partial charge in [0.05, 0.1) is 4.90 Å². The lowest BCUT2D eigenvalue weighted by Gasteiger charge is -2.12. The summed E-state index contributed by atoms with van der Waals surface area (Å²) >= 11 is 3.46. The molecule has 0 saturated carbocycles. The van der Waals surface area contributed by atoms with E-state index in [0.717, 1.165) is 29.7 Å². The van der Waals surface area contributed by atoms with Crippen molar-refractivity contribution in [3.05, 3.63) is 29.8 Å². The van der Waals surface area contributed by atoms with Crippen LogP contribution in [-0.2, 0) is 17.5 Å². The first-order valence-electron chi connectivity index (χ1n) is 7.13. The van der Waals surface area contributed by atoms with Crippen LogP contribution in [0.25, 0.3) is 0 Å². The van der Waals surface area contributed by atoms with Crippen molar-refractivity contribution in [2.24, 2.45) is 0 Å². The smallest absolute Gasteiger partial charge is 0.128 e. The second-order valence-corrected chi connectivity index (χ2v) is 7.28. The Morgan fingerprint density at radius 1 is 1.05 bits per heavy atom. The number of alkyl halides is 1. The Labute approximate surface area is 127 Å². The molecular weight excluding hydrogens is 322 g/mol. The van der Waals surface area contributed by atoms with Crippen LogP contribution in [0.1, 0.15) is 44.1 Å². The van der Waals surface area contributed by atoms with Crippen LogP contribution in [0.5, 0.6) is 0 Å². The topological polar surface area (TPSA) is 20.3 Å². The van der Waals surface area contributed by atoms with Crippen LogP contribution >= 0.6 is 15.9 Å². The predicted molar refractivity (Wildman–Crippen MR) is 84.8 cm³/mol. The summed E-state index contributed by atoms with van der Waals surface area (Å²) in [5.41, 5.74) is 1.23. The zero-order valence-electron chi connectivity index (χ0n) is 11.3. The number of nitrogens with zero attached hydrogens (tertiary/aromatic N) is 1. The van der Waals surface area contributed by atoms with Crippen molar-refractivity contribution in [2.75, 3.05) is 11.9 Å². The van der Waals surface area contributed by atoms with Gasteiger partial charge in [-0.25, -0.2) is 8.51 Å². The molecule has 0 N–H and O–H groups in total. The predicted octanol–water partition coefficient (Wildman–Crippen LogP) is 4.26. The zero-order valence-corrected chi connectivity index (χ0v) is 13.7. The van der Waals surface area contributed by atoms with Crippen molar-refractivity contribution in [1.82, 2.24) is 4.31 Å². The maximum Gasteiger partial charge on any atom is 0.128 e. The number of hydrogen-bond acceptors (Lipinski definition) is 1. The molecule has 0 aromatic heterocycles. The van der Waals surface area contributed by atoms with Gasteiger partial charge in [0.15, 0.2) is 0 Å². The van der Waals surface area contributed by atoms with E-state index in [-0.39, 0.29) is 0 Å². The van der Waals surface area contributed by atoms with Gasteiger partial charge in [-0.1, -0.05) is 59.8 Å². The average Bonchev–Trinajstić information content (AvgIpc) is 2.75. The van der Waals surface area contributed by atoms with E-state index in [2.05, 4.69) is 26.3 Å². The summed E-state index contributed by atoms with van der Waals surface area (Å²) in [7, 11) is -0.919. The van der Waals surface area contributed by atoms with Crippen LogP contribution in [0, 0.1) is 0 Å². The summed E-state index contributed by atoms with van der Waals surface area (Å²) < 4.78 is 14.3. The number of fused-ring (bicyclic) bond motifs is 1. The number of unbranched alkanes of at least 4 members (excludes halogenated alkanes) is 5. The van der Waals surface area contributed by atoms with Crippen molar-refractivity contribution in [1.29, 1.82) is 0 Å². The van der Waals surface area contributed by atoms with E-state index in [1.807, 2.05) is 18.2 Å². The third-order valence-corrected chi connectivity index (χ3v) is 5.65. The van der Waals surface area contributed by atoms with Gasteiger partial charge in [0.2, 0.25) is 0 Å². The molecule has 2 rings (SSSR count). The highest BCUT2D eigenvalue weighted by Gasteiger charge is 2.25. The van der Waals surface area contributed by atoms with E-state index < -0.39 is 11.0 Å². The molecule has 0 fully saturated rings. The molecule has 1 unspecified atom stereocenters. The number of benzene rings is 1. The van der Waals surface area contributed by atoms with Crippen molar-refractivity contribution in [2.45, 2.75) is 50.0 Å². The highest BCUT2D eigenvalue weighted by Crippen LogP contribution is 2.26. The summed E-state index contributed by atoms with van der Waals surface area (Å²) in [4.78, 5) is 1.01. The second kappa shape index (κ2) is 8.18. The standard InChI is InChI=1S/C15H22BrNOS/c16-11-7-3-1-2-4-8-12-17-13-14-9-5-6-10-15(14)19(17)18/h5-6,9-10H,1-4,7-8,11-13H2. The van der Waals surface area contributed by atoms with Gasteiger partial charge in [0, 0.05) is 18.4 Å². The third-order valence-electron chi connectivity index (χ3n) is 3.53. The summed E-state index contributed by atoms with van der Waals surface area (Å²) in [5, 5.41) is 1.12. The minimum absolute atomic E-state index is 0.854. The largest absolute Gasteiger partial charge is 0.237 e. The van der Waals surface area contributed by atoms with E-state index in [0.29, 0.717) is 0 Å². The Bertz CT molecular complexity index is 424. The van der Waals surface area contributed by atoms with E-state index in [1.54, 1.807) is 0 Å². The molecule has 2 nitrogen and oxygen atoms in total. The minimum atomic E-state index is -0.919. The normalized spacial score (nSPS) is 18.7. The van der Waals surface area contributed by atoms with E-state index in [4.69, 9.17) is 0 Å². The maximum atomic E-state index is 12.2. The quantitative estimate of drug-likeness (QED) is 0.510. The van der Waals surface area contributed by atoms with Gasteiger partial charge in [0.25, 0.3) is 0 Å². The summed E-state index contributed by atoms with van der Waals surface area (Å²) in [6, 6.07) is 8.09. The fourth-order valence-electron chi connectivity index (χ4n) is 2.44. The van der Waals surface area contributed by atoms with E-state index >= 15 is 0 Å². The Balaban J connectivity index is 1.65. The van der Waals surface area contributed by atoms with Crippen LogP contribution in [0.3, 0.4) is 0 Å². The highest BCUT2D eigenvalue weighted by molar-refractivity contribution is 9.09. The Morgan fingerprint density at radius 2 is 1.74 bits per heavy atom. The number of hydrogen-bond donors (Lipinski definition) is 0. The lowest BCUT2D eigenvalue weighted by molar-refractivity contribution is 0.432. The fourth-order valence-corrected chi connectivity index (χ4v) is 4.22. The number of halogens is 1. The lowest BCUT2D eigenvalue weighted by atomic mass is 10.1. The molecule has 0 radical (unpaired) electrons. The molecule has 1 aliphatic rings. The van der Waals surface area contributed by atoms with E-state index in [9.17, 15) is 4.21 Å². The van der Waals surface area contributed by atoms with Crippen LogP contribution < -0.4 is 0 Å². The van der Waals surface area contributed by atoms with Crippen LogP contribution in [0.4, 0.5) is 0 Å². The maximum absolute atomic E-state index is 12.2. The molecule has 0 amide bonds. The monoisotopic (exact) mass is 343 g/mol. The molecule has 0 spiro atoms. The van der Waals surface area contributed by atoms with Crippen LogP contribution in [-0.4, -0.2) is 20.4 Å². The molecule has 0 aliphatic carbocycles. The second-order valence-electron chi connectivity index (χ2n) is 5.03. The van der Waals surface area contributed by atoms with Gasteiger partial charge in [-0.05, 0) is 24.5 Å². The molecule has 0 bridgehead atoms. The van der Waals surface area contributed by atoms with Crippen molar-refractivity contribution >= 4 is 26.9 Å². The van der Waals surface area contributed by atoms with Crippen LogP contribution in [0.2, 0.25) is 0 Å². The van der Waals surface area contributed by atoms with Crippen molar-refractivity contribution in [3.8, 4) is 0 Å². The van der Waals surface area contributed by atoms with Gasteiger partial charge in [-0.2, -0.15) is 0 Å². The molecule has 1 heterocycles. The number of rotatable bonds is 8. The van der Waals surface area contributed by atoms with Gasteiger partial charge < -0.3 is 0 Å². The average molecular weight is 344 g/mol. The highest BCUT2D eigenvalue weighted by atomic mass is 79.9. The first kappa shape index (κ1) is 15.2. The van der Waals surface area contributed by atoms with Gasteiger partial charge in [0.1, 0.15) is 11.0 Å². The molecule has 0 saturated heterocycles. The van der Waals surface area contributed by atoms with E-state index in [1.165, 1.54) is 37.7 Å². The molecular formula is C15H22BrNOS. The Kier molecular flexibility index (Phi) is 6.54. The zero-order chi connectivity index (χ0) is 13.5. The molecule has 1 atom stereocenters. The summed E-state index contributed by atoms with van der Waals surface area (Å²) in [6.45, 7) is 1.81. The third kappa shape index (κ3) is 4.40. The van der Waals surface area contributed by atoms with Crippen LogP contribution in [0.15, 0.2) is 29.2 Å². The molecule has 1 aromatic carbocycles. The van der Waals surface area contributed by atoms with Gasteiger partial charge in [-0.3, -0.25) is 0 Å². The first-order valence-corrected chi connectivity index (χ1v) is 9.36. The summed E-state index contributed by atoms with van der Waals surface area (Å²) in [6.07, 6.45) is 7.66. The minimum Gasteiger partial charge on any atom is -0.237 e. The van der Waals surface area contributed by atoms with Crippen molar-refractivity contribution in [3.63, 3.8) is 0 Å². The lowest BCUT2D eigenvalue weighted by Crippen LogP contribution is -2.20. The summed E-state index contributed by atoms with van der Waals surface area (Å²) in [5.74, 6) is 0. The Hall–Kier alpha value is -0.190. The molecule has 1 aliphatic heterocycles. The first-order chi connectivity index (χ1) is 9.33. The SMILES string of the molecule is O=S1c2ccccc2CN1CCCCCCCCBr. The molecule has 1 aromatic rings.